The van der Waals surface area contributed by atoms with E-state index in [4.69, 9.17) is 5.73 Å². The lowest BCUT2D eigenvalue weighted by atomic mass is 9.89. The molecule has 1 aromatic rings. The minimum Gasteiger partial charge on any atom is -0.335 e. The summed E-state index contributed by atoms with van der Waals surface area (Å²) >= 11 is 0. The second-order valence-corrected chi connectivity index (χ2v) is 5.59. The molecule has 2 rings (SSSR count). The van der Waals surface area contributed by atoms with E-state index in [0.717, 1.165) is 44.5 Å². The quantitative estimate of drug-likeness (QED) is 0.829. The van der Waals surface area contributed by atoms with Gasteiger partial charge in [-0.2, -0.15) is 0 Å². The Kier molecular flexibility index (Phi) is 5.14. The number of imidazole rings is 1. The molecule has 19 heavy (non-hydrogen) atoms. The SMILES string of the molecule is CCCn1ccnc1CC(=O)C1CCCCCC1N. The molecule has 1 aliphatic rings. The van der Waals surface area contributed by atoms with E-state index in [9.17, 15) is 4.79 Å². The summed E-state index contributed by atoms with van der Waals surface area (Å²) in [5.41, 5.74) is 6.16. The van der Waals surface area contributed by atoms with Crippen LogP contribution in [-0.2, 0) is 17.8 Å². The number of aromatic nitrogens is 2. The van der Waals surface area contributed by atoms with Crippen LogP contribution in [-0.4, -0.2) is 21.4 Å². The van der Waals surface area contributed by atoms with Crippen LogP contribution in [0.25, 0.3) is 0 Å². The molecule has 0 amide bonds. The Morgan fingerprint density at radius 1 is 1.42 bits per heavy atom. The summed E-state index contributed by atoms with van der Waals surface area (Å²) < 4.78 is 2.08. The summed E-state index contributed by atoms with van der Waals surface area (Å²) in [6, 6.07) is 0.0459. The van der Waals surface area contributed by atoms with Gasteiger partial charge in [-0.05, 0) is 19.3 Å². The normalized spacial score (nSPS) is 24.1. The molecule has 0 aliphatic heterocycles. The number of carbonyl (C=O) groups excluding carboxylic acids is 1. The number of ketones is 1. The van der Waals surface area contributed by atoms with Gasteiger partial charge in [-0.15, -0.1) is 0 Å². The number of aryl methyl sites for hydroxylation is 1. The van der Waals surface area contributed by atoms with Crippen molar-refractivity contribution < 1.29 is 4.79 Å². The van der Waals surface area contributed by atoms with Gasteiger partial charge in [0.1, 0.15) is 11.6 Å². The van der Waals surface area contributed by atoms with Crippen molar-refractivity contribution in [1.82, 2.24) is 9.55 Å². The first-order valence-corrected chi connectivity index (χ1v) is 7.50. The van der Waals surface area contributed by atoms with E-state index in [2.05, 4.69) is 16.5 Å². The molecule has 1 fully saturated rings. The summed E-state index contributed by atoms with van der Waals surface area (Å²) in [6.07, 6.45) is 10.7. The van der Waals surface area contributed by atoms with Gasteiger partial charge in [0, 0.05) is 30.9 Å². The number of hydrogen-bond acceptors (Lipinski definition) is 3. The first-order valence-electron chi connectivity index (χ1n) is 7.50. The van der Waals surface area contributed by atoms with Gasteiger partial charge in [-0.3, -0.25) is 4.79 Å². The molecule has 0 aromatic carbocycles. The number of nitrogens with two attached hydrogens (primary N) is 1. The summed E-state index contributed by atoms with van der Waals surface area (Å²) in [4.78, 5) is 16.8. The fraction of sp³-hybridized carbons (Fsp3) is 0.733. The average Bonchev–Trinajstić information content (AvgIpc) is 2.69. The van der Waals surface area contributed by atoms with E-state index in [-0.39, 0.29) is 17.7 Å². The molecule has 2 N–H and O–H groups in total. The zero-order chi connectivity index (χ0) is 13.7. The molecule has 1 heterocycles. The maximum atomic E-state index is 12.5. The molecule has 1 aromatic heterocycles. The molecule has 2 atom stereocenters. The molecule has 0 radical (unpaired) electrons. The number of Topliss-reactive ketones (excluding diaryl/α,β-unsaturated/α-hetero) is 1. The summed E-state index contributed by atoms with van der Waals surface area (Å²) in [6.45, 7) is 3.06. The Morgan fingerprint density at radius 2 is 2.21 bits per heavy atom. The van der Waals surface area contributed by atoms with E-state index in [0.29, 0.717) is 6.42 Å². The first-order chi connectivity index (χ1) is 9.22. The van der Waals surface area contributed by atoms with Crippen LogP contribution in [0.3, 0.4) is 0 Å². The predicted octanol–water partition coefficient (Wildman–Crippen LogP) is 2.31. The predicted molar refractivity (Wildman–Crippen MR) is 75.8 cm³/mol. The molecular formula is C15H25N3O. The fourth-order valence-electron chi connectivity index (χ4n) is 2.97. The minimum absolute atomic E-state index is 0.0364. The standard InChI is InChI=1S/C15H25N3O/c1-2-9-18-10-8-17-15(18)11-14(19)12-6-4-3-5-7-13(12)16/h8,10,12-13H,2-7,9,11,16H2,1H3. The zero-order valence-electron chi connectivity index (χ0n) is 11.8. The van der Waals surface area contributed by atoms with Gasteiger partial charge in [-0.1, -0.05) is 26.2 Å². The van der Waals surface area contributed by atoms with Crippen molar-refractivity contribution >= 4 is 5.78 Å². The van der Waals surface area contributed by atoms with E-state index >= 15 is 0 Å². The second-order valence-electron chi connectivity index (χ2n) is 5.59. The fourth-order valence-corrected chi connectivity index (χ4v) is 2.97. The van der Waals surface area contributed by atoms with Crippen molar-refractivity contribution in [2.45, 2.75) is 64.5 Å². The largest absolute Gasteiger partial charge is 0.335 e. The van der Waals surface area contributed by atoms with Crippen LogP contribution in [0.1, 0.15) is 51.3 Å². The monoisotopic (exact) mass is 263 g/mol. The molecule has 1 aliphatic carbocycles. The Hall–Kier alpha value is -1.16. The molecule has 0 saturated heterocycles. The van der Waals surface area contributed by atoms with Crippen molar-refractivity contribution in [2.75, 3.05) is 0 Å². The summed E-state index contributed by atoms with van der Waals surface area (Å²) in [7, 11) is 0. The topological polar surface area (TPSA) is 60.9 Å². The molecule has 4 heteroatoms. The molecule has 0 bridgehead atoms. The number of rotatable bonds is 5. The van der Waals surface area contributed by atoms with Crippen LogP contribution in [0, 0.1) is 5.92 Å². The van der Waals surface area contributed by atoms with Crippen LogP contribution in [0.2, 0.25) is 0 Å². The van der Waals surface area contributed by atoms with Crippen LogP contribution in [0.5, 0.6) is 0 Å². The third-order valence-electron chi connectivity index (χ3n) is 4.08. The lowest BCUT2D eigenvalue weighted by molar-refractivity contribution is -0.123. The zero-order valence-corrected chi connectivity index (χ0v) is 11.8. The van der Waals surface area contributed by atoms with Crippen LogP contribution in [0.15, 0.2) is 12.4 Å². The van der Waals surface area contributed by atoms with E-state index in [1.807, 2.05) is 6.20 Å². The molecule has 1 saturated carbocycles. The van der Waals surface area contributed by atoms with Crippen molar-refractivity contribution in [2.24, 2.45) is 11.7 Å². The maximum absolute atomic E-state index is 12.5. The van der Waals surface area contributed by atoms with Gasteiger partial charge >= 0.3 is 0 Å². The molecular weight excluding hydrogens is 238 g/mol. The van der Waals surface area contributed by atoms with Gasteiger partial charge in [0.25, 0.3) is 0 Å². The van der Waals surface area contributed by atoms with Crippen LogP contribution in [0.4, 0.5) is 0 Å². The first kappa shape index (κ1) is 14.3. The van der Waals surface area contributed by atoms with E-state index in [1.54, 1.807) is 6.20 Å². The number of hydrogen-bond donors (Lipinski definition) is 1. The molecule has 0 spiro atoms. The highest BCUT2D eigenvalue weighted by atomic mass is 16.1. The highest BCUT2D eigenvalue weighted by Gasteiger charge is 2.27. The average molecular weight is 263 g/mol. The maximum Gasteiger partial charge on any atom is 0.145 e. The lowest BCUT2D eigenvalue weighted by Gasteiger charge is -2.20. The minimum atomic E-state index is 0.0364. The Labute approximate surface area is 115 Å². The Bertz CT molecular complexity index is 413. The highest BCUT2D eigenvalue weighted by molar-refractivity contribution is 5.83. The lowest BCUT2D eigenvalue weighted by Crippen LogP contribution is -2.35. The molecule has 106 valence electrons. The molecule has 4 nitrogen and oxygen atoms in total. The van der Waals surface area contributed by atoms with Gasteiger partial charge in [0.05, 0.1) is 6.42 Å². The third kappa shape index (κ3) is 3.66. The van der Waals surface area contributed by atoms with Gasteiger partial charge in [-0.25, -0.2) is 4.98 Å². The van der Waals surface area contributed by atoms with E-state index < -0.39 is 0 Å². The Balaban J connectivity index is 2.00. The third-order valence-corrected chi connectivity index (χ3v) is 4.08. The van der Waals surface area contributed by atoms with Gasteiger partial charge < -0.3 is 10.3 Å². The smallest absolute Gasteiger partial charge is 0.145 e. The van der Waals surface area contributed by atoms with Crippen LogP contribution < -0.4 is 5.73 Å². The number of nitrogens with zero attached hydrogens (tertiary/aromatic N) is 2. The van der Waals surface area contributed by atoms with E-state index in [1.165, 1.54) is 6.42 Å². The van der Waals surface area contributed by atoms with Gasteiger partial charge in [0.2, 0.25) is 0 Å². The van der Waals surface area contributed by atoms with Crippen molar-refractivity contribution in [3.63, 3.8) is 0 Å². The summed E-state index contributed by atoms with van der Waals surface area (Å²) in [5, 5.41) is 0. The molecule has 2 unspecified atom stereocenters. The summed E-state index contributed by atoms with van der Waals surface area (Å²) in [5.74, 6) is 1.20. The van der Waals surface area contributed by atoms with Gasteiger partial charge in [0.15, 0.2) is 0 Å². The van der Waals surface area contributed by atoms with Crippen LogP contribution >= 0.6 is 0 Å². The van der Waals surface area contributed by atoms with Crippen molar-refractivity contribution in [3.05, 3.63) is 18.2 Å². The highest BCUT2D eigenvalue weighted by Crippen LogP contribution is 2.24. The second kappa shape index (κ2) is 6.85. The van der Waals surface area contributed by atoms with Crippen molar-refractivity contribution in [3.8, 4) is 0 Å². The van der Waals surface area contributed by atoms with Crippen molar-refractivity contribution in [1.29, 1.82) is 0 Å². The Morgan fingerprint density at radius 3 is 3.00 bits per heavy atom. The number of carbonyl (C=O) groups is 1.